The molecule has 0 amide bonds. The van der Waals surface area contributed by atoms with E-state index in [9.17, 15) is 23.3 Å². The number of hydrogen-bond donors (Lipinski definition) is 2. The summed E-state index contributed by atoms with van der Waals surface area (Å²) in [6.07, 6.45) is 1.16. The van der Waals surface area contributed by atoms with E-state index < -0.39 is 20.7 Å². The molecule has 0 atom stereocenters. The minimum absolute atomic E-state index is 0.0358. The normalized spacial score (nSPS) is 14.5. The average molecular weight is 480 g/mol. The number of benzene rings is 1. The van der Waals surface area contributed by atoms with E-state index in [0.29, 0.717) is 25.2 Å². The molecule has 0 bridgehead atoms. The Kier molecular flexibility index (Phi) is 7.43. The zero-order valence-corrected chi connectivity index (χ0v) is 19.1. The summed E-state index contributed by atoms with van der Waals surface area (Å²) in [4.78, 5) is 33.8. The van der Waals surface area contributed by atoms with Gasteiger partial charge in [0, 0.05) is 25.1 Å². The molecule has 0 aliphatic carbocycles. The summed E-state index contributed by atoms with van der Waals surface area (Å²) in [7, 11) is -3.89. The first-order valence-corrected chi connectivity index (χ1v) is 11.8. The monoisotopic (exact) mass is 479 g/mol. The summed E-state index contributed by atoms with van der Waals surface area (Å²) in [5.41, 5.74) is 0.218. The van der Waals surface area contributed by atoms with E-state index in [1.165, 1.54) is 28.6 Å². The highest BCUT2D eigenvalue weighted by Gasteiger charge is 2.37. The van der Waals surface area contributed by atoms with Crippen LogP contribution in [0.25, 0.3) is 11.4 Å². The number of hydrogen-bond acceptors (Lipinski definition) is 9. The van der Waals surface area contributed by atoms with Crippen molar-refractivity contribution in [1.82, 2.24) is 14.3 Å². The SMILES string of the molecule is CCCC(=N)c1cc(=O)[nH]c(-c2cc(S(=O)(=O)N3CC(CO[N+](=O)[O-])C3)ccc2OCC)n1. The first-order chi connectivity index (χ1) is 15.6. The van der Waals surface area contributed by atoms with Gasteiger partial charge in [0.2, 0.25) is 10.0 Å². The van der Waals surface area contributed by atoms with Crippen LogP contribution in [0.4, 0.5) is 0 Å². The van der Waals surface area contributed by atoms with Crippen molar-refractivity contribution in [2.75, 3.05) is 26.3 Å². The molecule has 1 saturated heterocycles. The maximum Gasteiger partial charge on any atom is 0.294 e. The van der Waals surface area contributed by atoms with Gasteiger partial charge in [0.25, 0.3) is 10.6 Å². The molecular weight excluding hydrogens is 454 g/mol. The first-order valence-electron chi connectivity index (χ1n) is 10.4. The van der Waals surface area contributed by atoms with Crippen molar-refractivity contribution in [1.29, 1.82) is 5.41 Å². The lowest BCUT2D eigenvalue weighted by Gasteiger charge is -2.37. The van der Waals surface area contributed by atoms with Crippen LogP contribution in [-0.2, 0) is 14.9 Å². The number of nitrogens with one attached hydrogen (secondary N) is 2. The summed E-state index contributed by atoms with van der Waals surface area (Å²) in [5, 5.41) is 17.5. The maximum atomic E-state index is 13.1. The number of rotatable bonds is 11. The number of ether oxygens (including phenoxy) is 1. The number of aromatic amines is 1. The number of H-pyrrole nitrogens is 1. The van der Waals surface area contributed by atoms with E-state index in [4.69, 9.17) is 10.1 Å². The number of nitrogens with zero attached hydrogens (tertiary/aromatic N) is 3. The standard InChI is InChI=1S/C20H25N5O7S/c1-3-5-16(21)17-9-19(26)23-20(22-17)15-8-14(6-7-18(15)31-4-2)33(29,30)24-10-13(11-24)12-32-25(27)28/h6-9,13,21H,3-5,10-12H2,1-2H3,(H,22,23,26). The molecule has 0 saturated carbocycles. The van der Waals surface area contributed by atoms with Crippen LogP contribution in [0.5, 0.6) is 5.75 Å². The Hall–Kier alpha value is -3.32. The molecule has 13 heteroatoms. The van der Waals surface area contributed by atoms with Gasteiger partial charge in [0.05, 0.1) is 28.5 Å². The zero-order valence-electron chi connectivity index (χ0n) is 18.2. The maximum absolute atomic E-state index is 13.1. The van der Waals surface area contributed by atoms with Crippen LogP contribution in [0.3, 0.4) is 0 Å². The van der Waals surface area contributed by atoms with E-state index in [0.717, 1.165) is 0 Å². The van der Waals surface area contributed by atoms with Crippen molar-refractivity contribution in [3.05, 3.63) is 50.4 Å². The lowest BCUT2D eigenvalue weighted by molar-refractivity contribution is -0.759. The Morgan fingerprint density at radius 1 is 1.33 bits per heavy atom. The van der Waals surface area contributed by atoms with Gasteiger partial charge in [-0.3, -0.25) is 4.79 Å². The lowest BCUT2D eigenvalue weighted by Crippen LogP contribution is -2.51. The van der Waals surface area contributed by atoms with Crippen LogP contribution in [0.2, 0.25) is 0 Å². The van der Waals surface area contributed by atoms with Crippen LogP contribution < -0.4 is 10.3 Å². The number of sulfonamides is 1. The average Bonchev–Trinajstić information content (AvgIpc) is 2.72. The second kappa shape index (κ2) is 10.1. The molecule has 33 heavy (non-hydrogen) atoms. The van der Waals surface area contributed by atoms with Crippen molar-refractivity contribution in [3.63, 3.8) is 0 Å². The Labute approximate surface area is 190 Å². The third-order valence-corrected chi connectivity index (χ3v) is 6.86. The quantitative estimate of drug-likeness (QED) is 0.279. The van der Waals surface area contributed by atoms with Gasteiger partial charge < -0.3 is 20.0 Å². The van der Waals surface area contributed by atoms with Crippen molar-refractivity contribution in [2.24, 2.45) is 5.92 Å². The molecule has 1 aromatic carbocycles. The molecule has 1 aliphatic rings. The third kappa shape index (κ3) is 5.54. The Morgan fingerprint density at radius 2 is 2.06 bits per heavy atom. The minimum Gasteiger partial charge on any atom is -0.493 e. The highest BCUT2D eigenvalue weighted by molar-refractivity contribution is 7.89. The highest BCUT2D eigenvalue weighted by atomic mass is 32.2. The van der Waals surface area contributed by atoms with E-state index in [1.807, 2.05) is 6.92 Å². The zero-order chi connectivity index (χ0) is 24.2. The van der Waals surface area contributed by atoms with Gasteiger partial charge in [0.15, 0.2) is 0 Å². The van der Waals surface area contributed by atoms with E-state index in [1.54, 1.807) is 6.92 Å². The Bertz CT molecular complexity index is 1210. The fourth-order valence-corrected chi connectivity index (χ4v) is 5.01. The molecule has 1 fully saturated rings. The van der Waals surface area contributed by atoms with Crippen LogP contribution >= 0.6 is 0 Å². The largest absolute Gasteiger partial charge is 0.493 e. The molecule has 2 heterocycles. The molecule has 0 radical (unpaired) electrons. The molecule has 178 valence electrons. The van der Waals surface area contributed by atoms with E-state index >= 15 is 0 Å². The molecular formula is C20H25N5O7S. The molecule has 2 N–H and O–H groups in total. The summed E-state index contributed by atoms with van der Waals surface area (Å²) in [6.45, 7) is 4.00. The Balaban J connectivity index is 1.95. The lowest BCUT2D eigenvalue weighted by atomic mass is 10.1. The fourth-order valence-electron chi connectivity index (χ4n) is 3.39. The van der Waals surface area contributed by atoms with Gasteiger partial charge in [0.1, 0.15) is 18.2 Å². The van der Waals surface area contributed by atoms with Gasteiger partial charge in [-0.15, -0.1) is 10.1 Å². The molecule has 0 unspecified atom stereocenters. The van der Waals surface area contributed by atoms with Crippen molar-refractivity contribution < 1.29 is 23.1 Å². The fraction of sp³-hybridized carbons (Fsp3) is 0.450. The third-order valence-electron chi connectivity index (χ3n) is 5.03. The first kappa shape index (κ1) is 24.3. The van der Waals surface area contributed by atoms with Crippen LogP contribution in [0.1, 0.15) is 32.4 Å². The summed E-state index contributed by atoms with van der Waals surface area (Å²) in [6, 6.07) is 5.48. The smallest absolute Gasteiger partial charge is 0.294 e. The van der Waals surface area contributed by atoms with Crippen LogP contribution in [0, 0.1) is 21.4 Å². The molecule has 1 aliphatic heterocycles. The highest BCUT2D eigenvalue weighted by Crippen LogP contribution is 2.33. The second-order valence-electron chi connectivity index (χ2n) is 7.51. The summed E-state index contributed by atoms with van der Waals surface area (Å²) in [5.74, 6) is 0.158. The van der Waals surface area contributed by atoms with E-state index in [2.05, 4.69) is 14.8 Å². The van der Waals surface area contributed by atoms with Crippen LogP contribution in [0.15, 0.2) is 34.0 Å². The molecule has 0 spiro atoms. The van der Waals surface area contributed by atoms with Crippen molar-refractivity contribution in [2.45, 2.75) is 31.6 Å². The van der Waals surface area contributed by atoms with Gasteiger partial charge in [-0.2, -0.15) is 4.31 Å². The molecule has 3 rings (SSSR count). The predicted molar refractivity (Wildman–Crippen MR) is 118 cm³/mol. The second-order valence-corrected chi connectivity index (χ2v) is 9.44. The Morgan fingerprint density at radius 3 is 2.70 bits per heavy atom. The minimum atomic E-state index is -3.89. The number of aromatic nitrogens is 2. The van der Waals surface area contributed by atoms with Crippen molar-refractivity contribution in [3.8, 4) is 17.1 Å². The topological polar surface area (TPSA) is 169 Å². The molecule has 1 aromatic heterocycles. The summed E-state index contributed by atoms with van der Waals surface area (Å²) >= 11 is 0. The van der Waals surface area contributed by atoms with E-state index in [-0.39, 0.29) is 53.3 Å². The van der Waals surface area contributed by atoms with Crippen LogP contribution in [-0.4, -0.2) is 59.8 Å². The van der Waals surface area contributed by atoms with Crippen molar-refractivity contribution >= 4 is 15.7 Å². The van der Waals surface area contributed by atoms with Gasteiger partial charge in [-0.05, 0) is 31.5 Å². The van der Waals surface area contributed by atoms with Gasteiger partial charge >= 0.3 is 0 Å². The molecule has 12 nitrogen and oxygen atoms in total. The van der Waals surface area contributed by atoms with Gasteiger partial charge in [-0.25, -0.2) is 13.4 Å². The predicted octanol–water partition coefficient (Wildman–Crippen LogP) is 1.83. The summed E-state index contributed by atoms with van der Waals surface area (Å²) < 4.78 is 32.9. The van der Waals surface area contributed by atoms with Gasteiger partial charge in [-0.1, -0.05) is 13.3 Å². The molecule has 2 aromatic rings.